The van der Waals surface area contributed by atoms with Crippen molar-refractivity contribution in [1.82, 2.24) is 4.98 Å². The molecule has 0 radical (unpaired) electrons. The summed E-state index contributed by atoms with van der Waals surface area (Å²) in [6.07, 6.45) is 5.14. The van der Waals surface area contributed by atoms with Crippen LogP contribution in [0.4, 0.5) is 0 Å². The Hall–Kier alpha value is -1.07. The van der Waals surface area contributed by atoms with Crippen LogP contribution < -0.4 is 11.0 Å². The summed E-state index contributed by atoms with van der Waals surface area (Å²) >= 11 is 0. The molecule has 1 saturated carbocycles. The Kier molecular flexibility index (Phi) is 3.10. The molecule has 1 aromatic heterocycles. The number of H-pyrrole nitrogens is 1. The minimum absolute atomic E-state index is 0.0231. The van der Waals surface area contributed by atoms with Gasteiger partial charge >= 0.3 is 7.12 Å². The highest BCUT2D eigenvalue weighted by Gasteiger charge is 2.51. The van der Waals surface area contributed by atoms with Gasteiger partial charge < -0.3 is 14.3 Å². The lowest BCUT2D eigenvalue weighted by atomic mass is 9.75. The molecule has 4 nitrogen and oxygen atoms in total. The first kappa shape index (κ1) is 13.9. The van der Waals surface area contributed by atoms with E-state index >= 15 is 0 Å². The van der Waals surface area contributed by atoms with Crippen LogP contribution >= 0.6 is 0 Å². The van der Waals surface area contributed by atoms with Gasteiger partial charge in [-0.1, -0.05) is 12.5 Å². The molecule has 5 heteroatoms. The number of rotatable bonds is 2. The minimum Gasteiger partial charge on any atom is -0.399 e. The fraction of sp³-hybridized carbons (Fsp3) is 0.667. The number of aromatic amines is 1. The van der Waals surface area contributed by atoms with E-state index in [2.05, 4.69) is 4.98 Å². The number of hydrogen-bond acceptors (Lipinski definition) is 3. The molecule has 0 atom stereocenters. The predicted octanol–water partition coefficient (Wildman–Crippen LogP) is 1.94. The van der Waals surface area contributed by atoms with E-state index in [-0.39, 0.29) is 16.8 Å². The lowest BCUT2D eigenvalue weighted by molar-refractivity contribution is 0.00578. The monoisotopic (exact) mass is 275 g/mol. The maximum Gasteiger partial charge on any atom is 0.496 e. The summed E-state index contributed by atoms with van der Waals surface area (Å²) in [5, 5.41) is 0. The molecule has 2 fully saturated rings. The van der Waals surface area contributed by atoms with Gasteiger partial charge in [0.15, 0.2) is 0 Å². The summed E-state index contributed by atoms with van der Waals surface area (Å²) in [6, 6.07) is 1.96. The van der Waals surface area contributed by atoms with Gasteiger partial charge in [0.05, 0.1) is 11.2 Å². The lowest BCUT2D eigenvalue weighted by Gasteiger charge is -2.32. The van der Waals surface area contributed by atoms with Crippen molar-refractivity contribution in [2.24, 2.45) is 0 Å². The Morgan fingerprint density at radius 1 is 1.20 bits per heavy atom. The predicted molar refractivity (Wildman–Crippen MR) is 79.4 cm³/mol. The topological polar surface area (TPSA) is 51.3 Å². The summed E-state index contributed by atoms with van der Waals surface area (Å²) in [5.74, 6) is 0.404. The van der Waals surface area contributed by atoms with E-state index in [4.69, 9.17) is 9.31 Å². The molecule has 2 heterocycles. The van der Waals surface area contributed by atoms with E-state index in [9.17, 15) is 4.79 Å². The van der Waals surface area contributed by atoms with E-state index in [1.165, 1.54) is 6.42 Å². The Bertz CT molecular complexity index is 559. The van der Waals surface area contributed by atoms with E-state index in [0.717, 1.165) is 23.9 Å². The highest BCUT2D eigenvalue weighted by molar-refractivity contribution is 6.62. The van der Waals surface area contributed by atoms with Crippen LogP contribution in [-0.2, 0) is 9.31 Å². The average molecular weight is 275 g/mol. The van der Waals surface area contributed by atoms with Crippen LogP contribution in [0.1, 0.15) is 58.4 Å². The average Bonchev–Trinajstić information content (AvgIpc) is 2.49. The van der Waals surface area contributed by atoms with Gasteiger partial charge in [-0.3, -0.25) is 4.79 Å². The second kappa shape index (κ2) is 4.47. The first-order valence-electron chi connectivity index (χ1n) is 7.38. The van der Waals surface area contributed by atoms with Crippen LogP contribution in [0, 0.1) is 0 Å². The van der Waals surface area contributed by atoms with Gasteiger partial charge in [-0.2, -0.15) is 0 Å². The molecule has 1 N–H and O–H groups in total. The van der Waals surface area contributed by atoms with Gasteiger partial charge in [-0.05, 0) is 51.9 Å². The number of hydrogen-bond donors (Lipinski definition) is 1. The zero-order valence-corrected chi connectivity index (χ0v) is 12.7. The Morgan fingerprint density at radius 3 is 2.30 bits per heavy atom. The van der Waals surface area contributed by atoms with Crippen LogP contribution in [0.25, 0.3) is 0 Å². The third-order valence-corrected chi connectivity index (χ3v) is 5.02. The standard InChI is InChI=1S/C15H22BNO3/c1-14(2)15(3,4)20-16(19-14)11-8-12(10-6-5-7-10)13(18)17-9-11/h8-10H,5-7H2,1-4H3,(H,17,18). The summed E-state index contributed by atoms with van der Waals surface area (Å²) in [6.45, 7) is 8.13. The van der Waals surface area contributed by atoms with E-state index < -0.39 is 7.12 Å². The molecule has 108 valence electrons. The maximum atomic E-state index is 11.9. The third-order valence-electron chi connectivity index (χ3n) is 5.02. The van der Waals surface area contributed by atoms with Crippen molar-refractivity contribution in [2.75, 3.05) is 0 Å². The highest BCUT2D eigenvalue weighted by atomic mass is 16.7. The number of pyridine rings is 1. The smallest absolute Gasteiger partial charge is 0.399 e. The van der Waals surface area contributed by atoms with Crippen molar-refractivity contribution in [3.63, 3.8) is 0 Å². The van der Waals surface area contributed by atoms with Crippen molar-refractivity contribution >= 4 is 12.6 Å². The zero-order chi connectivity index (χ0) is 14.5. The maximum absolute atomic E-state index is 11.9. The molecule has 0 amide bonds. The molecule has 1 aliphatic heterocycles. The second-order valence-electron chi connectivity index (χ2n) is 6.93. The SMILES string of the molecule is CC1(C)OB(c2c[nH]c(=O)c(C3CCC3)c2)OC1(C)C. The lowest BCUT2D eigenvalue weighted by Crippen LogP contribution is -2.41. The molecule has 1 aliphatic carbocycles. The Balaban J connectivity index is 1.90. The Morgan fingerprint density at radius 2 is 1.80 bits per heavy atom. The van der Waals surface area contributed by atoms with Gasteiger partial charge in [0.1, 0.15) is 0 Å². The summed E-state index contributed by atoms with van der Waals surface area (Å²) < 4.78 is 12.1. The molecular formula is C15H22BNO3. The van der Waals surface area contributed by atoms with Gasteiger partial charge in [-0.25, -0.2) is 0 Å². The van der Waals surface area contributed by atoms with Crippen LogP contribution in [0.5, 0.6) is 0 Å². The fourth-order valence-corrected chi connectivity index (χ4v) is 2.66. The molecule has 0 bridgehead atoms. The zero-order valence-electron chi connectivity index (χ0n) is 12.7. The quantitative estimate of drug-likeness (QED) is 0.839. The molecule has 0 aromatic carbocycles. The fourth-order valence-electron chi connectivity index (χ4n) is 2.66. The number of aromatic nitrogens is 1. The van der Waals surface area contributed by atoms with Crippen LogP contribution in [0.15, 0.2) is 17.1 Å². The van der Waals surface area contributed by atoms with Crippen LogP contribution in [0.2, 0.25) is 0 Å². The van der Waals surface area contributed by atoms with E-state index in [0.29, 0.717) is 5.92 Å². The first-order chi connectivity index (χ1) is 9.30. The molecule has 0 spiro atoms. The first-order valence-corrected chi connectivity index (χ1v) is 7.38. The van der Waals surface area contributed by atoms with E-state index in [1.807, 2.05) is 33.8 Å². The summed E-state index contributed by atoms with van der Waals surface area (Å²) in [5.41, 5.74) is 1.10. The molecule has 3 rings (SSSR count). The summed E-state index contributed by atoms with van der Waals surface area (Å²) in [7, 11) is -0.407. The van der Waals surface area contributed by atoms with Gasteiger partial charge in [-0.15, -0.1) is 0 Å². The van der Waals surface area contributed by atoms with Gasteiger partial charge in [0.25, 0.3) is 5.56 Å². The van der Waals surface area contributed by atoms with Gasteiger partial charge in [0.2, 0.25) is 0 Å². The number of nitrogens with one attached hydrogen (secondary N) is 1. The molecule has 1 saturated heterocycles. The highest BCUT2D eigenvalue weighted by Crippen LogP contribution is 2.37. The summed E-state index contributed by atoms with van der Waals surface area (Å²) in [4.78, 5) is 14.8. The van der Waals surface area contributed by atoms with E-state index in [1.54, 1.807) is 6.20 Å². The van der Waals surface area contributed by atoms with Crippen molar-refractivity contribution in [2.45, 2.75) is 64.1 Å². The largest absolute Gasteiger partial charge is 0.496 e. The third kappa shape index (κ3) is 2.13. The molecule has 2 aliphatic rings. The van der Waals surface area contributed by atoms with Crippen molar-refractivity contribution < 1.29 is 9.31 Å². The van der Waals surface area contributed by atoms with Crippen molar-refractivity contribution in [3.05, 3.63) is 28.2 Å². The molecule has 1 aromatic rings. The molecule has 20 heavy (non-hydrogen) atoms. The Labute approximate surface area is 120 Å². The second-order valence-corrected chi connectivity index (χ2v) is 6.93. The normalized spacial score (nSPS) is 24.7. The van der Waals surface area contributed by atoms with Crippen molar-refractivity contribution in [3.8, 4) is 0 Å². The van der Waals surface area contributed by atoms with Crippen LogP contribution in [0.3, 0.4) is 0 Å². The van der Waals surface area contributed by atoms with Crippen LogP contribution in [-0.4, -0.2) is 23.3 Å². The molecule has 0 unspecified atom stereocenters. The van der Waals surface area contributed by atoms with Gasteiger partial charge in [0, 0.05) is 11.8 Å². The molecular weight excluding hydrogens is 253 g/mol. The minimum atomic E-state index is -0.407. The van der Waals surface area contributed by atoms with Crippen molar-refractivity contribution in [1.29, 1.82) is 0 Å².